The first-order valence-electron chi connectivity index (χ1n) is 8.41. The van der Waals surface area contributed by atoms with Crippen LogP contribution in [0.4, 0.5) is 5.00 Å². The maximum Gasteiger partial charge on any atom is 0.256 e. The lowest BCUT2D eigenvalue weighted by molar-refractivity contribution is 0.0935. The Morgan fingerprint density at radius 2 is 2.04 bits per heavy atom. The summed E-state index contributed by atoms with van der Waals surface area (Å²) in [5, 5.41) is 7.99. The van der Waals surface area contributed by atoms with Gasteiger partial charge in [-0.25, -0.2) is 0 Å². The second-order valence-corrected chi connectivity index (χ2v) is 8.35. The van der Waals surface area contributed by atoms with E-state index in [1.54, 1.807) is 17.4 Å². The maximum absolute atomic E-state index is 12.8. The highest BCUT2D eigenvalue weighted by Gasteiger charge is 2.34. The van der Waals surface area contributed by atoms with Crippen LogP contribution >= 0.6 is 22.9 Å². The third kappa shape index (κ3) is 2.39. The van der Waals surface area contributed by atoms with Gasteiger partial charge in [-0.1, -0.05) is 18.5 Å². The van der Waals surface area contributed by atoms with Crippen LogP contribution in [0.1, 0.15) is 45.9 Å². The third-order valence-corrected chi connectivity index (χ3v) is 6.61. The average Bonchev–Trinajstić information content (AvgIpc) is 3.16. The van der Waals surface area contributed by atoms with Gasteiger partial charge in [-0.05, 0) is 36.8 Å². The zero-order valence-corrected chi connectivity index (χ0v) is 15.2. The van der Waals surface area contributed by atoms with Crippen molar-refractivity contribution in [2.24, 2.45) is 5.92 Å². The summed E-state index contributed by atoms with van der Waals surface area (Å²) in [4.78, 5) is 14.1. The molecule has 0 radical (unpaired) electrons. The van der Waals surface area contributed by atoms with Crippen LogP contribution in [0.5, 0.6) is 11.5 Å². The first-order valence-corrected chi connectivity index (χ1v) is 9.60. The molecule has 130 valence electrons. The quantitative estimate of drug-likeness (QED) is 0.786. The topological polar surface area (TPSA) is 59.6 Å². The Bertz CT molecular complexity index is 895. The summed E-state index contributed by atoms with van der Waals surface area (Å²) in [5.41, 5.74) is 2.82. The fourth-order valence-electron chi connectivity index (χ4n) is 3.77. The van der Waals surface area contributed by atoms with Crippen molar-refractivity contribution in [1.29, 1.82) is 0 Å². The summed E-state index contributed by atoms with van der Waals surface area (Å²) in [6.45, 7) is 2.46. The fourth-order valence-corrected chi connectivity index (χ4v) is 5.47. The van der Waals surface area contributed by atoms with E-state index in [1.807, 2.05) is 6.07 Å². The predicted molar refractivity (Wildman–Crippen MR) is 96.9 cm³/mol. The summed E-state index contributed by atoms with van der Waals surface area (Å²) in [6.07, 6.45) is 2.80. The Labute approximate surface area is 154 Å². The number of nitrogens with one attached hydrogen (secondary N) is 2. The molecule has 0 fully saturated rings. The van der Waals surface area contributed by atoms with Crippen molar-refractivity contribution in [2.45, 2.75) is 32.4 Å². The number of ether oxygens (including phenoxy) is 2. The van der Waals surface area contributed by atoms with Crippen LogP contribution in [0.3, 0.4) is 0 Å². The number of thiophene rings is 1. The number of hydrogen-bond acceptors (Lipinski definition) is 5. The number of hydrogen-bond donors (Lipinski definition) is 2. The minimum atomic E-state index is -0.375. The van der Waals surface area contributed by atoms with Crippen molar-refractivity contribution in [3.8, 4) is 11.5 Å². The number of carbonyl (C=O) groups is 1. The van der Waals surface area contributed by atoms with Gasteiger partial charge in [0.1, 0.15) is 11.2 Å². The number of anilines is 1. The van der Waals surface area contributed by atoms with Crippen molar-refractivity contribution in [1.82, 2.24) is 5.32 Å². The lowest BCUT2D eigenvalue weighted by Crippen LogP contribution is -2.38. The van der Waals surface area contributed by atoms with E-state index in [-0.39, 0.29) is 18.9 Å². The van der Waals surface area contributed by atoms with Crippen molar-refractivity contribution >= 4 is 33.8 Å². The molecule has 3 heterocycles. The molecule has 5 nitrogen and oxygen atoms in total. The van der Waals surface area contributed by atoms with Crippen LogP contribution in [0, 0.1) is 5.92 Å². The van der Waals surface area contributed by atoms with Crippen LogP contribution in [-0.2, 0) is 12.8 Å². The molecule has 0 bridgehead atoms. The summed E-state index contributed by atoms with van der Waals surface area (Å²) < 4.78 is 10.8. The van der Waals surface area contributed by atoms with E-state index >= 15 is 0 Å². The summed E-state index contributed by atoms with van der Waals surface area (Å²) in [5.74, 6) is 1.94. The molecule has 0 spiro atoms. The molecule has 1 amide bonds. The van der Waals surface area contributed by atoms with E-state index in [0.717, 1.165) is 35.4 Å². The molecule has 25 heavy (non-hydrogen) atoms. The number of rotatable bonds is 1. The Balaban J connectivity index is 1.52. The molecule has 2 aliphatic heterocycles. The normalized spacial score (nSPS) is 23.5. The molecule has 1 aromatic carbocycles. The van der Waals surface area contributed by atoms with E-state index in [2.05, 4.69) is 17.6 Å². The van der Waals surface area contributed by atoms with Crippen LogP contribution < -0.4 is 20.1 Å². The number of benzene rings is 1. The highest BCUT2D eigenvalue weighted by molar-refractivity contribution is 7.16. The largest absolute Gasteiger partial charge is 0.454 e. The molecule has 5 rings (SSSR count). The van der Waals surface area contributed by atoms with E-state index in [9.17, 15) is 4.79 Å². The van der Waals surface area contributed by atoms with E-state index < -0.39 is 0 Å². The highest BCUT2D eigenvalue weighted by Crippen LogP contribution is 2.44. The van der Waals surface area contributed by atoms with Crippen LogP contribution in [0.25, 0.3) is 0 Å². The summed E-state index contributed by atoms with van der Waals surface area (Å²) in [7, 11) is 0. The van der Waals surface area contributed by atoms with Gasteiger partial charge in [0.15, 0.2) is 11.5 Å². The van der Waals surface area contributed by atoms with Crippen molar-refractivity contribution in [2.75, 3.05) is 12.1 Å². The van der Waals surface area contributed by atoms with E-state index in [0.29, 0.717) is 22.4 Å². The smallest absolute Gasteiger partial charge is 0.256 e. The standard InChI is InChI=1S/C18H17ClN2O3S/c1-8-2-3-9-14(4-8)25-18-15(9)17(22)20-16(21-18)10-5-12-13(6-11(10)19)24-7-23-12/h5-6,8,16,21H,2-4,7H2,1H3,(H,20,22)/t8-,16+/m1/s1. The summed E-state index contributed by atoms with van der Waals surface area (Å²) >= 11 is 8.12. The Kier molecular flexibility index (Phi) is 3.40. The Morgan fingerprint density at radius 3 is 2.88 bits per heavy atom. The number of carbonyl (C=O) groups excluding carboxylic acids is 1. The second kappa shape index (κ2) is 5.54. The first kappa shape index (κ1) is 15.3. The van der Waals surface area contributed by atoms with Gasteiger partial charge in [0.05, 0.1) is 10.6 Å². The zero-order chi connectivity index (χ0) is 17.1. The molecule has 0 saturated heterocycles. The van der Waals surface area contributed by atoms with Gasteiger partial charge in [-0.2, -0.15) is 0 Å². The van der Waals surface area contributed by atoms with Crippen molar-refractivity contribution in [3.63, 3.8) is 0 Å². The Morgan fingerprint density at radius 1 is 1.24 bits per heavy atom. The zero-order valence-electron chi connectivity index (χ0n) is 13.6. The van der Waals surface area contributed by atoms with Gasteiger partial charge >= 0.3 is 0 Å². The fraction of sp³-hybridized carbons (Fsp3) is 0.389. The monoisotopic (exact) mass is 376 g/mol. The van der Waals surface area contributed by atoms with E-state index in [1.165, 1.54) is 10.4 Å². The van der Waals surface area contributed by atoms with Gasteiger partial charge in [-0.15, -0.1) is 11.3 Å². The van der Waals surface area contributed by atoms with E-state index in [4.69, 9.17) is 21.1 Å². The van der Waals surface area contributed by atoms with Gasteiger partial charge in [0.2, 0.25) is 6.79 Å². The molecule has 2 N–H and O–H groups in total. The van der Waals surface area contributed by atoms with Crippen LogP contribution in [0.15, 0.2) is 12.1 Å². The molecule has 7 heteroatoms. The lowest BCUT2D eigenvalue weighted by atomic mass is 9.88. The minimum absolute atomic E-state index is 0.0282. The lowest BCUT2D eigenvalue weighted by Gasteiger charge is -2.27. The molecular weight excluding hydrogens is 360 g/mol. The van der Waals surface area contributed by atoms with Crippen LogP contribution in [0.2, 0.25) is 5.02 Å². The third-order valence-electron chi connectivity index (χ3n) is 5.09. The molecule has 3 aliphatic rings. The van der Waals surface area contributed by atoms with Crippen molar-refractivity contribution < 1.29 is 14.3 Å². The molecule has 0 saturated carbocycles. The molecule has 1 aromatic heterocycles. The van der Waals surface area contributed by atoms with Gasteiger partial charge in [-0.3, -0.25) is 4.79 Å². The molecule has 0 unspecified atom stereocenters. The SMILES string of the molecule is C[C@@H]1CCc2c(sc3c2C(=O)N[C@H](c2cc4c(cc2Cl)OCO4)N3)C1. The van der Waals surface area contributed by atoms with Crippen molar-refractivity contribution in [3.05, 3.63) is 38.7 Å². The maximum atomic E-state index is 12.8. The Hall–Kier alpha value is -1.92. The molecule has 1 aliphatic carbocycles. The first-order chi connectivity index (χ1) is 12.1. The number of halogens is 1. The summed E-state index contributed by atoms with van der Waals surface area (Å²) in [6, 6.07) is 3.58. The van der Waals surface area contributed by atoms with Crippen LogP contribution in [-0.4, -0.2) is 12.7 Å². The van der Waals surface area contributed by atoms with Gasteiger partial charge in [0.25, 0.3) is 5.91 Å². The minimum Gasteiger partial charge on any atom is -0.454 e. The average molecular weight is 377 g/mol. The van der Waals surface area contributed by atoms with Gasteiger partial charge in [0, 0.05) is 16.5 Å². The second-order valence-electron chi connectivity index (χ2n) is 6.83. The number of amides is 1. The van der Waals surface area contributed by atoms with Gasteiger partial charge < -0.3 is 20.1 Å². The number of fused-ring (bicyclic) bond motifs is 4. The molecule has 2 aromatic rings. The molecule has 2 atom stereocenters. The predicted octanol–water partition coefficient (Wildman–Crippen LogP) is 4.11. The highest BCUT2D eigenvalue weighted by atomic mass is 35.5. The molecular formula is C18H17ClN2O3S.